The summed E-state index contributed by atoms with van der Waals surface area (Å²) in [6.45, 7) is 2.64. The zero-order valence-corrected chi connectivity index (χ0v) is 16.1. The Balaban J connectivity index is 1.38. The predicted octanol–water partition coefficient (Wildman–Crippen LogP) is 3.60. The van der Waals surface area contributed by atoms with Gasteiger partial charge in [-0.25, -0.2) is 0 Å². The Labute approximate surface area is 163 Å². The number of nitrogens with one attached hydrogen (secondary N) is 2. The number of carbonyl (C=O) groups excluding carboxylic acids is 2. The van der Waals surface area contributed by atoms with Crippen molar-refractivity contribution in [3.8, 4) is 0 Å². The summed E-state index contributed by atoms with van der Waals surface area (Å²) in [6.07, 6.45) is 4.70. The first kappa shape index (κ1) is 18.2. The normalized spacial score (nSPS) is 17.7. The molecule has 1 aromatic heterocycles. The van der Waals surface area contributed by atoms with Crippen molar-refractivity contribution in [3.05, 3.63) is 52.2 Å². The number of amides is 2. The van der Waals surface area contributed by atoms with Gasteiger partial charge in [-0.1, -0.05) is 18.2 Å². The molecule has 0 bridgehead atoms. The van der Waals surface area contributed by atoms with Gasteiger partial charge >= 0.3 is 0 Å². The Morgan fingerprint density at radius 2 is 1.81 bits per heavy atom. The van der Waals surface area contributed by atoms with Crippen LogP contribution in [0.2, 0.25) is 0 Å². The number of anilines is 1. The lowest BCUT2D eigenvalue weighted by atomic mass is 10.0. The van der Waals surface area contributed by atoms with E-state index < -0.39 is 0 Å². The molecule has 1 saturated heterocycles. The van der Waals surface area contributed by atoms with Gasteiger partial charge in [-0.15, -0.1) is 11.3 Å². The Kier molecular flexibility index (Phi) is 5.55. The van der Waals surface area contributed by atoms with E-state index in [1.54, 1.807) is 18.2 Å². The van der Waals surface area contributed by atoms with E-state index in [9.17, 15) is 9.59 Å². The van der Waals surface area contributed by atoms with Crippen LogP contribution in [-0.2, 0) is 0 Å². The first-order valence-electron chi connectivity index (χ1n) is 9.67. The number of piperidine rings is 1. The molecule has 6 heteroatoms. The topological polar surface area (TPSA) is 61.4 Å². The Morgan fingerprint density at radius 1 is 1.04 bits per heavy atom. The molecule has 2 heterocycles. The molecule has 5 nitrogen and oxygen atoms in total. The second kappa shape index (κ2) is 8.23. The van der Waals surface area contributed by atoms with E-state index >= 15 is 0 Å². The van der Waals surface area contributed by atoms with Crippen molar-refractivity contribution < 1.29 is 9.59 Å². The highest BCUT2D eigenvalue weighted by Crippen LogP contribution is 2.28. The number of likely N-dealkylation sites (tertiary alicyclic amines) is 1. The summed E-state index contributed by atoms with van der Waals surface area (Å²) in [5.74, 6) is 0.703. The van der Waals surface area contributed by atoms with Gasteiger partial charge < -0.3 is 15.5 Å². The second-order valence-corrected chi connectivity index (χ2v) is 8.34. The summed E-state index contributed by atoms with van der Waals surface area (Å²) >= 11 is 1.39. The number of thiophene rings is 1. The van der Waals surface area contributed by atoms with Crippen molar-refractivity contribution in [1.29, 1.82) is 0 Å². The highest BCUT2D eigenvalue weighted by molar-refractivity contribution is 7.12. The fourth-order valence-electron chi connectivity index (χ4n) is 3.48. The standard InChI is InChI=1S/C21H25N3O2S/c25-20(19-6-3-13-27-19)23-18-5-2-1-4-17(18)21(26)24-11-9-16(10-12-24)22-14-15-7-8-15/h1-6,13,15-16,22H,7-12,14H2,(H,23,25). The smallest absolute Gasteiger partial charge is 0.265 e. The van der Waals surface area contributed by atoms with Crippen LogP contribution in [0, 0.1) is 5.92 Å². The molecule has 0 unspecified atom stereocenters. The Morgan fingerprint density at radius 3 is 2.52 bits per heavy atom. The summed E-state index contributed by atoms with van der Waals surface area (Å²) in [5.41, 5.74) is 1.14. The van der Waals surface area contributed by atoms with Gasteiger partial charge in [0.05, 0.1) is 16.1 Å². The highest BCUT2D eigenvalue weighted by atomic mass is 32.1. The van der Waals surface area contributed by atoms with Crippen LogP contribution in [-0.4, -0.2) is 42.4 Å². The number of carbonyl (C=O) groups is 2. The van der Waals surface area contributed by atoms with E-state index in [4.69, 9.17) is 0 Å². The zero-order valence-electron chi connectivity index (χ0n) is 15.3. The van der Waals surface area contributed by atoms with Gasteiger partial charge in [-0.05, 0) is 61.7 Å². The average Bonchev–Trinajstić information content (AvgIpc) is 3.37. The van der Waals surface area contributed by atoms with Crippen LogP contribution < -0.4 is 10.6 Å². The van der Waals surface area contributed by atoms with Gasteiger partial charge in [0.15, 0.2) is 0 Å². The molecule has 1 aliphatic heterocycles. The van der Waals surface area contributed by atoms with Crippen LogP contribution in [0.5, 0.6) is 0 Å². The molecular weight excluding hydrogens is 358 g/mol. The minimum Gasteiger partial charge on any atom is -0.338 e. The summed E-state index contributed by atoms with van der Waals surface area (Å²) < 4.78 is 0. The van der Waals surface area contributed by atoms with Crippen molar-refractivity contribution in [3.63, 3.8) is 0 Å². The number of rotatable bonds is 6. The van der Waals surface area contributed by atoms with E-state index in [1.165, 1.54) is 24.2 Å². The maximum absolute atomic E-state index is 13.0. The van der Waals surface area contributed by atoms with E-state index in [0.717, 1.165) is 38.4 Å². The molecule has 0 atom stereocenters. The van der Waals surface area contributed by atoms with Crippen molar-refractivity contribution in [2.45, 2.75) is 31.7 Å². The van der Waals surface area contributed by atoms with E-state index in [2.05, 4.69) is 10.6 Å². The maximum Gasteiger partial charge on any atom is 0.265 e. The number of hydrogen-bond donors (Lipinski definition) is 2. The molecule has 2 aromatic rings. The van der Waals surface area contributed by atoms with E-state index in [1.807, 2.05) is 28.5 Å². The largest absolute Gasteiger partial charge is 0.338 e. The van der Waals surface area contributed by atoms with Crippen LogP contribution >= 0.6 is 11.3 Å². The molecule has 4 rings (SSSR count). The molecule has 1 saturated carbocycles. The van der Waals surface area contributed by atoms with Crippen molar-refractivity contribution >= 4 is 28.8 Å². The molecule has 0 spiro atoms. The van der Waals surface area contributed by atoms with Gasteiger partial charge in [-0.2, -0.15) is 0 Å². The van der Waals surface area contributed by atoms with Gasteiger partial charge in [0.25, 0.3) is 11.8 Å². The van der Waals surface area contributed by atoms with Gasteiger partial charge in [0.1, 0.15) is 0 Å². The molecule has 1 aliphatic carbocycles. The third kappa shape index (κ3) is 4.57. The summed E-state index contributed by atoms with van der Waals surface area (Å²) in [4.78, 5) is 27.9. The third-order valence-electron chi connectivity index (χ3n) is 5.32. The van der Waals surface area contributed by atoms with Crippen LogP contribution in [0.25, 0.3) is 0 Å². The number of benzene rings is 1. The second-order valence-electron chi connectivity index (χ2n) is 7.40. The lowest BCUT2D eigenvalue weighted by Crippen LogP contribution is -2.45. The van der Waals surface area contributed by atoms with E-state index in [-0.39, 0.29) is 11.8 Å². The lowest BCUT2D eigenvalue weighted by molar-refractivity contribution is 0.0706. The van der Waals surface area contributed by atoms with Crippen LogP contribution in [0.1, 0.15) is 45.7 Å². The molecule has 0 radical (unpaired) electrons. The van der Waals surface area contributed by atoms with E-state index in [0.29, 0.717) is 22.2 Å². The monoisotopic (exact) mass is 383 g/mol. The SMILES string of the molecule is O=C(Nc1ccccc1C(=O)N1CCC(NCC2CC2)CC1)c1cccs1. The summed E-state index contributed by atoms with van der Waals surface area (Å²) in [6, 6.07) is 11.4. The molecule has 142 valence electrons. The third-order valence-corrected chi connectivity index (χ3v) is 6.19. The van der Waals surface area contributed by atoms with Crippen LogP contribution in [0.4, 0.5) is 5.69 Å². The molecular formula is C21H25N3O2S. The van der Waals surface area contributed by atoms with Crippen LogP contribution in [0.3, 0.4) is 0 Å². The van der Waals surface area contributed by atoms with Gasteiger partial charge in [0, 0.05) is 19.1 Å². The average molecular weight is 384 g/mol. The predicted molar refractivity (Wildman–Crippen MR) is 108 cm³/mol. The van der Waals surface area contributed by atoms with Gasteiger partial charge in [0.2, 0.25) is 0 Å². The molecule has 2 amide bonds. The minimum atomic E-state index is -0.173. The number of hydrogen-bond acceptors (Lipinski definition) is 4. The Bertz CT molecular complexity index is 794. The van der Waals surface area contributed by atoms with Crippen molar-refractivity contribution in [2.24, 2.45) is 5.92 Å². The Hall–Kier alpha value is -2.18. The first-order chi connectivity index (χ1) is 13.2. The fourth-order valence-corrected chi connectivity index (χ4v) is 4.10. The van der Waals surface area contributed by atoms with Crippen molar-refractivity contribution in [1.82, 2.24) is 10.2 Å². The fraction of sp³-hybridized carbons (Fsp3) is 0.429. The first-order valence-corrected chi connectivity index (χ1v) is 10.5. The quantitative estimate of drug-likeness (QED) is 0.801. The van der Waals surface area contributed by atoms with Gasteiger partial charge in [-0.3, -0.25) is 9.59 Å². The van der Waals surface area contributed by atoms with Crippen molar-refractivity contribution in [2.75, 3.05) is 25.0 Å². The summed E-state index contributed by atoms with van der Waals surface area (Å²) in [5, 5.41) is 8.40. The lowest BCUT2D eigenvalue weighted by Gasteiger charge is -2.33. The summed E-state index contributed by atoms with van der Waals surface area (Å²) in [7, 11) is 0. The molecule has 2 fully saturated rings. The van der Waals surface area contributed by atoms with Crippen LogP contribution in [0.15, 0.2) is 41.8 Å². The minimum absolute atomic E-state index is 0.00211. The number of para-hydroxylation sites is 1. The number of nitrogens with zero attached hydrogens (tertiary/aromatic N) is 1. The highest BCUT2D eigenvalue weighted by Gasteiger charge is 2.27. The maximum atomic E-state index is 13.0. The molecule has 1 aromatic carbocycles. The molecule has 27 heavy (non-hydrogen) atoms. The molecule has 2 N–H and O–H groups in total. The zero-order chi connectivity index (χ0) is 18.6. The molecule has 2 aliphatic rings.